The number of hydrogen-bond acceptors (Lipinski definition) is 4. The van der Waals surface area contributed by atoms with E-state index in [1.54, 1.807) is 0 Å². The number of rotatable bonds is 4. The van der Waals surface area contributed by atoms with E-state index in [-0.39, 0.29) is 23.7 Å². The smallest absolute Gasteiger partial charge is 0.224 e. The third kappa shape index (κ3) is 4.20. The molecule has 23 heavy (non-hydrogen) atoms. The van der Waals surface area contributed by atoms with E-state index in [2.05, 4.69) is 10.2 Å². The van der Waals surface area contributed by atoms with Crippen LogP contribution in [0.4, 0.5) is 15.8 Å². The van der Waals surface area contributed by atoms with E-state index in [1.807, 2.05) is 6.07 Å². The molecule has 1 aromatic carbocycles. The van der Waals surface area contributed by atoms with Gasteiger partial charge < -0.3 is 20.7 Å². The molecule has 5 nitrogen and oxygen atoms in total. The van der Waals surface area contributed by atoms with Crippen molar-refractivity contribution >= 4 is 17.3 Å². The molecular formula is C17H24FN3O2. The van der Waals surface area contributed by atoms with E-state index < -0.39 is 0 Å². The number of ether oxygens (including phenoxy) is 1. The lowest BCUT2D eigenvalue weighted by Gasteiger charge is -2.29. The number of morpholine rings is 1. The van der Waals surface area contributed by atoms with Crippen molar-refractivity contribution in [1.82, 2.24) is 0 Å². The summed E-state index contributed by atoms with van der Waals surface area (Å²) in [6, 6.07) is 4.78. The number of amides is 1. The molecule has 0 spiro atoms. The molecule has 2 aliphatic rings. The maximum atomic E-state index is 13.9. The van der Waals surface area contributed by atoms with Crippen LogP contribution in [0.3, 0.4) is 0 Å². The van der Waals surface area contributed by atoms with Crippen LogP contribution in [-0.2, 0) is 9.53 Å². The Hall–Kier alpha value is -1.66. The van der Waals surface area contributed by atoms with Gasteiger partial charge in [0.05, 0.1) is 13.2 Å². The average molecular weight is 321 g/mol. The Kier molecular flexibility index (Phi) is 5.13. The van der Waals surface area contributed by atoms with E-state index in [1.165, 1.54) is 12.1 Å². The molecule has 1 aromatic rings. The van der Waals surface area contributed by atoms with Gasteiger partial charge in [0, 0.05) is 36.9 Å². The Balaban J connectivity index is 1.64. The zero-order valence-corrected chi connectivity index (χ0v) is 13.3. The molecule has 3 rings (SSSR count). The molecule has 1 heterocycles. The molecule has 1 saturated heterocycles. The highest BCUT2D eigenvalue weighted by Crippen LogP contribution is 2.28. The van der Waals surface area contributed by atoms with Crippen LogP contribution in [0.5, 0.6) is 0 Å². The summed E-state index contributed by atoms with van der Waals surface area (Å²) in [5.74, 6) is -0.199. The van der Waals surface area contributed by atoms with Gasteiger partial charge in [-0.2, -0.15) is 0 Å². The van der Waals surface area contributed by atoms with Crippen molar-refractivity contribution in [2.24, 2.45) is 11.7 Å². The standard InChI is InChI=1S/C17H24FN3O2/c18-13-9-14(11-15(10-13)21-4-6-23-7-5-21)20-17(22)8-12-2-1-3-16(12)19/h9-12,16H,1-8,19H2,(H,20,22)/t12-,16+/m0/s1. The second-order valence-electron chi connectivity index (χ2n) is 6.40. The zero-order chi connectivity index (χ0) is 16.2. The van der Waals surface area contributed by atoms with Crippen LogP contribution in [-0.4, -0.2) is 38.3 Å². The maximum Gasteiger partial charge on any atom is 0.224 e. The third-order valence-electron chi connectivity index (χ3n) is 4.71. The first-order valence-electron chi connectivity index (χ1n) is 8.30. The SMILES string of the molecule is N[C@@H]1CCC[C@H]1CC(=O)Nc1cc(F)cc(N2CCOCC2)c1. The van der Waals surface area contributed by atoms with Crippen LogP contribution in [0.1, 0.15) is 25.7 Å². The highest BCUT2D eigenvalue weighted by molar-refractivity contribution is 5.91. The van der Waals surface area contributed by atoms with Gasteiger partial charge in [0.2, 0.25) is 5.91 Å². The highest BCUT2D eigenvalue weighted by Gasteiger charge is 2.26. The Morgan fingerprint density at radius 1 is 1.30 bits per heavy atom. The lowest BCUT2D eigenvalue weighted by Crippen LogP contribution is -2.36. The van der Waals surface area contributed by atoms with Gasteiger partial charge in [0.25, 0.3) is 0 Å². The molecule has 1 amide bonds. The number of benzene rings is 1. The van der Waals surface area contributed by atoms with Gasteiger partial charge in [-0.15, -0.1) is 0 Å². The normalized spacial score (nSPS) is 24.7. The molecule has 1 saturated carbocycles. The molecule has 6 heteroatoms. The Morgan fingerprint density at radius 3 is 2.78 bits per heavy atom. The van der Waals surface area contributed by atoms with Gasteiger partial charge in [-0.05, 0) is 37.0 Å². The number of halogens is 1. The van der Waals surface area contributed by atoms with E-state index >= 15 is 0 Å². The van der Waals surface area contributed by atoms with E-state index in [4.69, 9.17) is 10.5 Å². The number of carbonyl (C=O) groups is 1. The van der Waals surface area contributed by atoms with Crippen molar-refractivity contribution < 1.29 is 13.9 Å². The molecule has 0 radical (unpaired) electrons. The second-order valence-corrected chi connectivity index (χ2v) is 6.40. The summed E-state index contributed by atoms with van der Waals surface area (Å²) < 4.78 is 19.2. The molecule has 2 atom stereocenters. The quantitative estimate of drug-likeness (QED) is 0.891. The molecule has 1 aliphatic carbocycles. The van der Waals surface area contributed by atoms with Crippen LogP contribution >= 0.6 is 0 Å². The summed E-state index contributed by atoms with van der Waals surface area (Å²) >= 11 is 0. The minimum absolute atomic E-state index is 0.0918. The van der Waals surface area contributed by atoms with Crippen LogP contribution in [0.25, 0.3) is 0 Å². The summed E-state index contributed by atoms with van der Waals surface area (Å²) in [6.45, 7) is 2.73. The Bertz CT molecular complexity index is 561. The first-order valence-corrected chi connectivity index (χ1v) is 8.30. The molecule has 0 unspecified atom stereocenters. The molecule has 3 N–H and O–H groups in total. The van der Waals surface area contributed by atoms with Gasteiger partial charge >= 0.3 is 0 Å². The first-order chi connectivity index (χ1) is 11.1. The third-order valence-corrected chi connectivity index (χ3v) is 4.71. The van der Waals surface area contributed by atoms with E-state index in [9.17, 15) is 9.18 Å². The number of anilines is 2. The number of hydrogen-bond donors (Lipinski definition) is 2. The Morgan fingerprint density at radius 2 is 2.09 bits per heavy atom. The van der Waals surface area contributed by atoms with Gasteiger partial charge in [-0.1, -0.05) is 6.42 Å². The topological polar surface area (TPSA) is 67.6 Å². The first kappa shape index (κ1) is 16.2. The molecule has 0 aromatic heterocycles. The van der Waals surface area contributed by atoms with Crippen LogP contribution in [0.2, 0.25) is 0 Å². The van der Waals surface area contributed by atoms with E-state index in [0.717, 1.165) is 38.0 Å². The van der Waals surface area contributed by atoms with Gasteiger partial charge in [-0.25, -0.2) is 4.39 Å². The van der Waals surface area contributed by atoms with Crippen molar-refractivity contribution in [3.8, 4) is 0 Å². The summed E-state index contributed by atoms with van der Waals surface area (Å²) in [5, 5.41) is 2.82. The summed E-state index contributed by atoms with van der Waals surface area (Å²) in [5.41, 5.74) is 7.29. The predicted octanol–water partition coefficient (Wildman–Crippen LogP) is 2.12. The number of nitrogens with zero attached hydrogens (tertiary/aromatic N) is 1. The minimum Gasteiger partial charge on any atom is -0.378 e. The maximum absolute atomic E-state index is 13.9. The summed E-state index contributed by atoms with van der Waals surface area (Å²) in [4.78, 5) is 14.3. The fraction of sp³-hybridized carbons (Fsp3) is 0.588. The lowest BCUT2D eigenvalue weighted by molar-refractivity contribution is -0.117. The fourth-order valence-electron chi connectivity index (χ4n) is 3.42. The molecule has 0 bridgehead atoms. The van der Waals surface area contributed by atoms with Crippen LogP contribution in [0.15, 0.2) is 18.2 Å². The largest absolute Gasteiger partial charge is 0.378 e. The van der Waals surface area contributed by atoms with Crippen LogP contribution in [0, 0.1) is 11.7 Å². The number of carbonyl (C=O) groups excluding carboxylic acids is 1. The van der Waals surface area contributed by atoms with Crippen molar-refractivity contribution in [2.45, 2.75) is 31.7 Å². The Labute approximate surface area is 136 Å². The number of nitrogens with one attached hydrogen (secondary N) is 1. The molecule has 1 aliphatic heterocycles. The van der Waals surface area contributed by atoms with Crippen LogP contribution < -0.4 is 16.0 Å². The second kappa shape index (κ2) is 7.27. The minimum atomic E-state index is -0.346. The summed E-state index contributed by atoms with van der Waals surface area (Å²) in [6.07, 6.45) is 3.47. The lowest BCUT2D eigenvalue weighted by atomic mass is 10.00. The fourth-order valence-corrected chi connectivity index (χ4v) is 3.42. The predicted molar refractivity (Wildman–Crippen MR) is 88.0 cm³/mol. The summed E-state index contributed by atoms with van der Waals surface area (Å²) in [7, 11) is 0. The number of nitrogens with two attached hydrogens (primary N) is 1. The van der Waals surface area contributed by atoms with E-state index in [0.29, 0.717) is 25.3 Å². The van der Waals surface area contributed by atoms with Gasteiger partial charge in [0.1, 0.15) is 5.82 Å². The molecular weight excluding hydrogens is 297 g/mol. The van der Waals surface area contributed by atoms with Crippen molar-refractivity contribution in [1.29, 1.82) is 0 Å². The average Bonchev–Trinajstić information content (AvgIpc) is 2.92. The molecule has 2 fully saturated rings. The highest BCUT2D eigenvalue weighted by atomic mass is 19.1. The van der Waals surface area contributed by atoms with Crippen molar-refractivity contribution in [3.05, 3.63) is 24.0 Å². The zero-order valence-electron chi connectivity index (χ0n) is 13.3. The van der Waals surface area contributed by atoms with Crippen molar-refractivity contribution in [2.75, 3.05) is 36.5 Å². The van der Waals surface area contributed by atoms with Gasteiger partial charge in [0.15, 0.2) is 0 Å². The van der Waals surface area contributed by atoms with Crippen molar-refractivity contribution in [3.63, 3.8) is 0 Å². The monoisotopic (exact) mass is 321 g/mol. The van der Waals surface area contributed by atoms with Gasteiger partial charge in [-0.3, -0.25) is 4.79 Å². The molecule has 126 valence electrons.